The molecule has 0 spiro atoms. The van der Waals surface area contributed by atoms with Gasteiger partial charge in [0.2, 0.25) is 0 Å². The van der Waals surface area contributed by atoms with Gasteiger partial charge in [-0.15, -0.1) is 0 Å². The summed E-state index contributed by atoms with van der Waals surface area (Å²) in [4.78, 5) is 0. The third-order valence-corrected chi connectivity index (χ3v) is 3.53. The van der Waals surface area contributed by atoms with Crippen LogP contribution in [0.4, 0.5) is 4.39 Å². The van der Waals surface area contributed by atoms with Crippen LogP contribution in [0.2, 0.25) is 0 Å². The Morgan fingerprint density at radius 3 is 2.94 bits per heavy atom. The van der Waals surface area contributed by atoms with Crippen LogP contribution < -0.4 is 5.32 Å². The highest BCUT2D eigenvalue weighted by atomic mass is 19.1. The van der Waals surface area contributed by atoms with Crippen LogP contribution >= 0.6 is 0 Å². The van der Waals surface area contributed by atoms with Crippen LogP contribution in [0.15, 0.2) is 28.7 Å². The minimum Gasteiger partial charge on any atom is -0.456 e. The summed E-state index contributed by atoms with van der Waals surface area (Å²) in [5.74, 6) is 1.26. The van der Waals surface area contributed by atoms with Crippen molar-refractivity contribution in [3.63, 3.8) is 0 Å². The molecule has 1 aliphatic carbocycles. The fourth-order valence-electron chi connectivity index (χ4n) is 2.43. The summed E-state index contributed by atoms with van der Waals surface area (Å²) in [5, 5.41) is 4.37. The molecule has 0 radical (unpaired) electrons. The maximum Gasteiger partial charge on any atom is 0.169 e. The molecular weight excluding hydrogens is 229 g/mol. The van der Waals surface area contributed by atoms with Crippen molar-refractivity contribution in [3.8, 4) is 0 Å². The van der Waals surface area contributed by atoms with E-state index in [1.54, 1.807) is 6.07 Å². The van der Waals surface area contributed by atoms with Crippen molar-refractivity contribution in [1.82, 2.24) is 5.32 Å². The lowest BCUT2D eigenvalue weighted by Gasteiger charge is -2.14. The van der Waals surface area contributed by atoms with Gasteiger partial charge in [0.25, 0.3) is 0 Å². The standard InChI is InChI=1S/C15H18FNO/c1-2-8-17-14(10-6-7-10)13-9-11-4-3-5-12(16)15(11)18-13/h3-5,9-10,14,17H,2,6-8H2,1H3. The fraction of sp³-hybridized carbons (Fsp3) is 0.467. The third-order valence-electron chi connectivity index (χ3n) is 3.53. The van der Waals surface area contributed by atoms with Gasteiger partial charge in [-0.1, -0.05) is 19.1 Å². The summed E-state index contributed by atoms with van der Waals surface area (Å²) >= 11 is 0. The molecule has 1 unspecified atom stereocenters. The third kappa shape index (κ3) is 2.15. The monoisotopic (exact) mass is 247 g/mol. The summed E-state index contributed by atoms with van der Waals surface area (Å²) in [5.41, 5.74) is 0.386. The summed E-state index contributed by atoms with van der Waals surface area (Å²) in [6.45, 7) is 3.12. The quantitative estimate of drug-likeness (QED) is 0.863. The van der Waals surface area contributed by atoms with Gasteiger partial charge in [-0.25, -0.2) is 4.39 Å². The molecular formula is C15H18FNO. The first-order valence-electron chi connectivity index (χ1n) is 6.71. The Balaban J connectivity index is 1.93. The van der Waals surface area contributed by atoms with E-state index < -0.39 is 0 Å². The average molecular weight is 247 g/mol. The van der Waals surface area contributed by atoms with Gasteiger partial charge in [0.15, 0.2) is 11.4 Å². The Kier molecular flexibility index (Phi) is 3.08. The van der Waals surface area contributed by atoms with Crippen LogP contribution in [0, 0.1) is 11.7 Å². The van der Waals surface area contributed by atoms with Crippen molar-refractivity contribution in [3.05, 3.63) is 35.8 Å². The second kappa shape index (κ2) is 4.73. The number of rotatable bonds is 5. The average Bonchev–Trinajstić information content (AvgIpc) is 3.09. The number of nitrogens with one attached hydrogen (secondary N) is 1. The van der Waals surface area contributed by atoms with Gasteiger partial charge in [0.1, 0.15) is 5.76 Å². The first kappa shape index (κ1) is 11.7. The Morgan fingerprint density at radius 2 is 2.28 bits per heavy atom. The second-order valence-electron chi connectivity index (χ2n) is 5.08. The Hall–Kier alpha value is -1.35. The summed E-state index contributed by atoms with van der Waals surface area (Å²) in [6, 6.07) is 7.29. The van der Waals surface area contributed by atoms with Crippen molar-refractivity contribution in [2.75, 3.05) is 6.54 Å². The number of benzene rings is 1. The van der Waals surface area contributed by atoms with E-state index in [-0.39, 0.29) is 11.9 Å². The molecule has 96 valence electrons. The number of hydrogen-bond acceptors (Lipinski definition) is 2. The van der Waals surface area contributed by atoms with Gasteiger partial charge in [-0.3, -0.25) is 0 Å². The van der Waals surface area contributed by atoms with Crippen molar-refractivity contribution >= 4 is 11.0 Å². The molecule has 0 aliphatic heterocycles. The van der Waals surface area contributed by atoms with Gasteiger partial charge in [0.05, 0.1) is 6.04 Å². The lowest BCUT2D eigenvalue weighted by Crippen LogP contribution is -2.23. The second-order valence-corrected chi connectivity index (χ2v) is 5.08. The largest absolute Gasteiger partial charge is 0.456 e. The van der Waals surface area contributed by atoms with E-state index in [1.165, 1.54) is 18.9 Å². The molecule has 3 heteroatoms. The van der Waals surface area contributed by atoms with Crippen LogP contribution in [0.5, 0.6) is 0 Å². The first-order chi connectivity index (χ1) is 8.79. The van der Waals surface area contributed by atoms with Crippen molar-refractivity contribution in [2.24, 2.45) is 5.92 Å². The lowest BCUT2D eigenvalue weighted by molar-refractivity contribution is 0.392. The molecule has 1 aromatic carbocycles. The molecule has 2 aromatic rings. The molecule has 0 bridgehead atoms. The van der Waals surface area contributed by atoms with Crippen molar-refractivity contribution in [1.29, 1.82) is 0 Å². The SMILES string of the molecule is CCCNC(c1cc2cccc(F)c2o1)C1CC1. The van der Waals surface area contributed by atoms with Gasteiger partial charge in [-0.05, 0) is 43.9 Å². The minimum absolute atomic E-state index is 0.247. The smallest absolute Gasteiger partial charge is 0.169 e. The lowest BCUT2D eigenvalue weighted by atomic mass is 10.1. The topological polar surface area (TPSA) is 25.2 Å². The maximum atomic E-state index is 13.6. The molecule has 1 fully saturated rings. The molecule has 0 saturated heterocycles. The number of fused-ring (bicyclic) bond motifs is 1. The van der Waals surface area contributed by atoms with E-state index in [0.717, 1.165) is 24.1 Å². The van der Waals surface area contributed by atoms with E-state index in [9.17, 15) is 4.39 Å². The van der Waals surface area contributed by atoms with Crippen molar-refractivity contribution in [2.45, 2.75) is 32.2 Å². The van der Waals surface area contributed by atoms with Crippen LogP contribution in [0.1, 0.15) is 38.0 Å². The van der Waals surface area contributed by atoms with Gasteiger partial charge >= 0.3 is 0 Å². The molecule has 0 amide bonds. The zero-order valence-electron chi connectivity index (χ0n) is 10.6. The van der Waals surface area contributed by atoms with Gasteiger partial charge in [0, 0.05) is 5.39 Å². The highest BCUT2D eigenvalue weighted by molar-refractivity contribution is 5.78. The van der Waals surface area contributed by atoms with E-state index >= 15 is 0 Å². The number of furan rings is 1. The zero-order valence-corrected chi connectivity index (χ0v) is 10.6. The minimum atomic E-state index is -0.274. The van der Waals surface area contributed by atoms with E-state index in [0.29, 0.717) is 11.5 Å². The molecule has 18 heavy (non-hydrogen) atoms. The molecule has 2 nitrogen and oxygen atoms in total. The van der Waals surface area contributed by atoms with Crippen LogP contribution in [-0.2, 0) is 0 Å². The molecule has 3 rings (SSSR count). The Bertz CT molecular complexity index is 544. The summed E-state index contributed by atoms with van der Waals surface area (Å²) in [7, 11) is 0. The first-order valence-corrected chi connectivity index (χ1v) is 6.71. The van der Waals surface area contributed by atoms with Crippen LogP contribution in [0.25, 0.3) is 11.0 Å². The maximum absolute atomic E-state index is 13.6. The predicted molar refractivity (Wildman–Crippen MR) is 69.9 cm³/mol. The fourth-order valence-corrected chi connectivity index (χ4v) is 2.43. The van der Waals surface area contributed by atoms with E-state index in [2.05, 4.69) is 12.2 Å². The normalized spacial score (nSPS) is 17.2. The van der Waals surface area contributed by atoms with Crippen LogP contribution in [-0.4, -0.2) is 6.54 Å². The zero-order chi connectivity index (χ0) is 12.5. The van der Waals surface area contributed by atoms with Crippen molar-refractivity contribution < 1.29 is 8.81 Å². The van der Waals surface area contributed by atoms with Gasteiger partial charge in [-0.2, -0.15) is 0 Å². The molecule has 1 aromatic heterocycles. The molecule has 1 N–H and O–H groups in total. The molecule has 1 atom stereocenters. The van der Waals surface area contributed by atoms with E-state index in [4.69, 9.17) is 4.42 Å². The number of halogens is 1. The summed E-state index contributed by atoms with van der Waals surface area (Å²) in [6.07, 6.45) is 3.57. The number of para-hydroxylation sites is 1. The molecule has 1 saturated carbocycles. The Labute approximate surface area is 106 Å². The molecule has 1 heterocycles. The van der Waals surface area contributed by atoms with Gasteiger partial charge < -0.3 is 9.73 Å². The van der Waals surface area contributed by atoms with E-state index in [1.807, 2.05) is 12.1 Å². The highest BCUT2D eigenvalue weighted by Gasteiger charge is 2.34. The predicted octanol–water partition coefficient (Wildman–Crippen LogP) is 4.02. The number of hydrogen-bond donors (Lipinski definition) is 1. The van der Waals surface area contributed by atoms with Crippen LogP contribution in [0.3, 0.4) is 0 Å². The molecule has 1 aliphatic rings. The Morgan fingerprint density at radius 1 is 1.44 bits per heavy atom. The summed E-state index contributed by atoms with van der Waals surface area (Å²) < 4.78 is 19.3. The highest BCUT2D eigenvalue weighted by Crippen LogP contribution is 2.42.